The van der Waals surface area contributed by atoms with Gasteiger partial charge in [-0.05, 0) is 60.7 Å². The van der Waals surface area contributed by atoms with Gasteiger partial charge >= 0.3 is 0 Å². The second-order valence-corrected chi connectivity index (χ2v) is 12.9. The maximum atomic E-state index is 5.49. The summed E-state index contributed by atoms with van der Waals surface area (Å²) < 4.78 is 15.2. The molecule has 0 spiro atoms. The monoisotopic (exact) mass is 734 g/mol. The molecule has 0 aliphatic heterocycles. The molecule has 0 fully saturated rings. The van der Waals surface area contributed by atoms with E-state index in [4.69, 9.17) is 29.4 Å². The van der Waals surface area contributed by atoms with Crippen LogP contribution in [0.3, 0.4) is 0 Å². The number of pyridine rings is 4. The SMILES string of the molecule is COCn1c2ccccc2c2nc(-c3ccncc3)nc(-c3ccncc3)c21.COCn1c2ccccc2c2nc(-c3ccncc3)nc(-c3ccncc3)c21. The first-order chi connectivity index (χ1) is 27.7. The number of hydrogen-bond donors (Lipinski definition) is 0. The zero-order valence-electron chi connectivity index (χ0n) is 30.6. The van der Waals surface area contributed by atoms with Crippen molar-refractivity contribution in [2.24, 2.45) is 0 Å². The van der Waals surface area contributed by atoms with E-state index >= 15 is 0 Å². The molecule has 0 saturated heterocycles. The summed E-state index contributed by atoms with van der Waals surface area (Å²) in [6.07, 6.45) is 14.1. The summed E-state index contributed by atoms with van der Waals surface area (Å²) in [4.78, 5) is 36.3. The third kappa shape index (κ3) is 6.28. The fraction of sp³-hybridized carbons (Fsp3) is 0.0909. The third-order valence-corrected chi connectivity index (χ3v) is 9.51. The smallest absolute Gasteiger partial charge is 0.160 e. The van der Waals surface area contributed by atoms with Crippen LogP contribution in [-0.4, -0.2) is 63.2 Å². The lowest BCUT2D eigenvalue weighted by molar-refractivity contribution is 0.138. The Hall–Kier alpha value is -7.28. The van der Waals surface area contributed by atoms with E-state index in [9.17, 15) is 0 Å². The molecule has 0 bridgehead atoms. The van der Waals surface area contributed by atoms with Crippen molar-refractivity contribution in [3.63, 3.8) is 0 Å². The molecule has 0 saturated carbocycles. The van der Waals surface area contributed by atoms with Crippen LogP contribution in [0.15, 0.2) is 147 Å². The molecule has 0 aliphatic carbocycles. The maximum Gasteiger partial charge on any atom is 0.160 e. The Morgan fingerprint density at radius 3 is 1.11 bits per heavy atom. The van der Waals surface area contributed by atoms with Gasteiger partial charge in [-0.1, -0.05) is 36.4 Å². The van der Waals surface area contributed by atoms with E-state index in [0.29, 0.717) is 25.1 Å². The van der Waals surface area contributed by atoms with Crippen LogP contribution in [0.4, 0.5) is 0 Å². The van der Waals surface area contributed by atoms with Crippen LogP contribution >= 0.6 is 0 Å². The lowest BCUT2D eigenvalue weighted by atomic mass is 10.1. The number of para-hydroxylation sites is 2. The highest BCUT2D eigenvalue weighted by Crippen LogP contribution is 2.37. The van der Waals surface area contributed by atoms with Gasteiger partial charge in [0.1, 0.15) is 24.5 Å². The zero-order chi connectivity index (χ0) is 37.8. The van der Waals surface area contributed by atoms with Crippen LogP contribution in [0, 0.1) is 0 Å². The van der Waals surface area contributed by atoms with Gasteiger partial charge in [-0.25, -0.2) is 19.9 Å². The second-order valence-electron chi connectivity index (χ2n) is 12.9. The summed E-state index contributed by atoms with van der Waals surface area (Å²) in [6, 6.07) is 32.0. The molecular formula is C44H34N10O2. The fourth-order valence-corrected chi connectivity index (χ4v) is 7.06. The molecule has 0 radical (unpaired) electrons. The van der Waals surface area contributed by atoms with E-state index in [1.54, 1.807) is 63.8 Å². The molecule has 0 N–H and O–H groups in total. The number of fused-ring (bicyclic) bond motifs is 6. The molecule has 272 valence electrons. The Kier molecular flexibility index (Phi) is 9.37. The summed E-state index contributed by atoms with van der Waals surface area (Å²) in [5.41, 5.74) is 11.4. The summed E-state index contributed by atoms with van der Waals surface area (Å²) in [5.74, 6) is 1.34. The lowest BCUT2D eigenvalue weighted by Crippen LogP contribution is -2.03. The fourth-order valence-electron chi connectivity index (χ4n) is 7.06. The van der Waals surface area contributed by atoms with Gasteiger partial charge < -0.3 is 18.6 Å². The first-order valence-corrected chi connectivity index (χ1v) is 17.9. The molecule has 12 nitrogen and oxygen atoms in total. The number of rotatable bonds is 8. The van der Waals surface area contributed by atoms with E-state index < -0.39 is 0 Å². The van der Waals surface area contributed by atoms with Crippen LogP contribution in [0.2, 0.25) is 0 Å². The van der Waals surface area contributed by atoms with Crippen molar-refractivity contribution in [2.75, 3.05) is 14.2 Å². The molecule has 2 aromatic carbocycles. The highest BCUT2D eigenvalue weighted by molar-refractivity contribution is 6.11. The Balaban J connectivity index is 0.000000146. The van der Waals surface area contributed by atoms with E-state index in [2.05, 4.69) is 53.3 Å². The molecule has 0 aliphatic rings. The van der Waals surface area contributed by atoms with Crippen molar-refractivity contribution in [1.82, 2.24) is 49.0 Å². The Morgan fingerprint density at radius 2 is 0.750 bits per heavy atom. The van der Waals surface area contributed by atoms with E-state index in [1.807, 2.05) is 72.8 Å². The normalized spacial score (nSPS) is 11.3. The van der Waals surface area contributed by atoms with E-state index in [1.165, 1.54) is 0 Å². The molecule has 0 atom stereocenters. The van der Waals surface area contributed by atoms with Gasteiger partial charge in [-0.15, -0.1) is 0 Å². The van der Waals surface area contributed by atoms with Crippen molar-refractivity contribution in [2.45, 2.75) is 13.5 Å². The largest absolute Gasteiger partial charge is 0.364 e. The van der Waals surface area contributed by atoms with E-state index in [-0.39, 0.29) is 0 Å². The maximum absolute atomic E-state index is 5.49. The van der Waals surface area contributed by atoms with Gasteiger partial charge in [-0.3, -0.25) is 19.9 Å². The van der Waals surface area contributed by atoms with Gasteiger partial charge in [0.2, 0.25) is 0 Å². The van der Waals surface area contributed by atoms with Gasteiger partial charge in [0, 0.05) is 96.8 Å². The second kappa shape index (κ2) is 15.2. The number of aromatic nitrogens is 10. The Morgan fingerprint density at radius 1 is 0.411 bits per heavy atom. The minimum atomic E-state index is 0.417. The lowest BCUT2D eigenvalue weighted by Gasteiger charge is -2.11. The predicted molar refractivity (Wildman–Crippen MR) is 217 cm³/mol. The summed E-state index contributed by atoms with van der Waals surface area (Å²) in [5, 5.41) is 2.14. The summed E-state index contributed by atoms with van der Waals surface area (Å²) in [6.45, 7) is 0.833. The number of ether oxygens (including phenoxy) is 2. The third-order valence-electron chi connectivity index (χ3n) is 9.51. The highest BCUT2D eigenvalue weighted by atomic mass is 16.5. The Bertz CT molecular complexity index is 2730. The van der Waals surface area contributed by atoms with Crippen molar-refractivity contribution < 1.29 is 9.47 Å². The van der Waals surface area contributed by atoms with Gasteiger partial charge in [-0.2, -0.15) is 0 Å². The van der Waals surface area contributed by atoms with Crippen molar-refractivity contribution in [3.05, 3.63) is 147 Å². The van der Waals surface area contributed by atoms with Crippen LogP contribution in [0.25, 0.3) is 89.2 Å². The van der Waals surface area contributed by atoms with Gasteiger partial charge in [0.15, 0.2) is 11.6 Å². The van der Waals surface area contributed by atoms with Gasteiger partial charge in [0.25, 0.3) is 0 Å². The first kappa shape index (κ1) is 34.5. The van der Waals surface area contributed by atoms with Crippen molar-refractivity contribution in [1.29, 1.82) is 0 Å². The standard InChI is InChI=1S/2C22H17N5O/c2*1-28-14-27-18-5-3-2-4-17(18)20-21(27)19(15-6-10-23-11-7-15)25-22(26-20)16-8-12-24-13-9-16/h2*2-13H,14H2,1H3. The number of nitrogens with zero attached hydrogens (tertiary/aromatic N) is 10. The average molecular weight is 735 g/mol. The van der Waals surface area contributed by atoms with Crippen molar-refractivity contribution in [3.8, 4) is 45.3 Å². The van der Waals surface area contributed by atoms with Crippen LogP contribution in [0.5, 0.6) is 0 Å². The summed E-state index contributed by atoms with van der Waals surface area (Å²) in [7, 11) is 3.39. The van der Waals surface area contributed by atoms with Crippen molar-refractivity contribution >= 4 is 43.9 Å². The minimum absolute atomic E-state index is 0.417. The quantitative estimate of drug-likeness (QED) is 0.150. The van der Waals surface area contributed by atoms with E-state index in [0.717, 1.165) is 77.5 Å². The first-order valence-electron chi connectivity index (χ1n) is 17.9. The number of methoxy groups -OCH3 is 2. The number of benzene rings is 2. The molecule has 0 unspecified atom stereocenters. The minimum Gasteiger partial charge on any atom is -0.364 e. The van der Waals surface area contributed by atoms with Crippen LogP contribution in [-0.2, 0) is 22.9 Å². The molecule has 8 heterocycles. The molecule has 12 heteroatoms. The topological polar surface area (TPSA) is 131 Å². The molecular weight excluding hydrogens is 701 g/mol. The highest BCUT2D eigenvalue weighted by Gasteiger charge is 2.21. The number of hydrogen-bond acceptors (Lipinski definition) is 10. The van der Waals surface area contributed by atoms with Crippen LogP contribution in [0.1, 0.15) is 0 Å². The molecule has 56 heavy (non-hydrogen) atoms. The molecule has 10 aromatic rings. The summed E-state index contributed by atoms with van der Waals surface area (Å²) >= 11 is 0. The predicted octanol–water partition coefficient (Wildman–Crippen LogP) is 8.62. The molecule has 8 aromatic heterocycles. The Labute approximate surface area is 321 Å². The molecule has 10 rings (SSSR count). The van der Waals surface area contributed by atoms with Crippen LogP contribution < -0.4 is 0 Å². The average Bonchev–Trinajstić information content (AvgIpc) is 3.77. The van der Waals surface area contributed by atoms with Gasteiger partial charge in [0.05, 0.1) is 33.5 Å². The molecule has 0 amide bonds. The zero-order valence-corrected chi connectivity index (χ0v) is 30.6.